The van der Waals surface area contributed by atoms with Crippen molar-refractivity contribution < 1.29 is 5.21 Å². The standard InChI is InChI=1S/C17H23N3O/c21-18-16-13-6-7-14(12-13)17(16)20-10-8-19(9-11-20)15-4-2-1-3-5-15/h1-5,13-14,17,21H,6-12H2/b18-16+/t13-,14-,17-/m0/s1. The number of rotatable bonds is 2. The molecule has 3 fully saturated rings. The van der Waals surface area contributed by atoms with E-state index in [0.717, 1.165) is 37.8 Å². The van der Waals surface area contributed by atoms with Gasteiger partial charge >= 0.3 is 0 Å². The smallest absolute Gasteiger partial charge is 0.0775 e. The van der Waals surface area contributed by atoms with Crippen LogP contribution in [-0.2, 0) is 0 Å². The molecule has 112 valence electrons. The first-order valence-electron chi connectivity index (χ1n) is 8.12. The highest BCUT2D eigenvalue weighted by Crippen LogP contribution is 2.45. The van der Waals surface area contributed by atoms with Gasteiger partial charge in [-0.25, -0.2) is 0 Å². The zero-order valence-electron chi connectivity index (χ0n) is 12.4. The zero-order valence-corrected chi connectivity index (χ0v) is 12.4. The lowest BCUT2D eigenvalue weighted by Gasteiger charge is -2.41. The Kier molecular flexibility index (Phi) is 3.34. The van der Waals surface area contributed by atoms with Crippen LogP contribution in [0.1, 0.15) is 19.3 Å². The van der Waals surface area contributed by atoms with E-state index in [9.17, 15) is 5.21 Å². The molecule has 0 unspecified atom stereocenters. The van der Waals surface area contributed by atoms with Crippen LogP contribution in [0.15, 0.2) is 35.5 Å². The molecule has 3 atom stereocenters. The van der Waals surface area contributed by atoms with Crippen molar-refractivity contribution in [2.24, 2.45) is 17.0 Å². The summed E-state index contributed by atoms with van der Waals surface area (Å²) in [5.74, 6) is 1.28. The molecule has 2 bridgehead atoms. The number of hydrogen-bond acceptors (Lipinski definition) is 4. The summed E-state index contributed by atoms with van der Waals surface area (Å²) in [4.78, 5) is 5.01. The van der Waals surface area contributed by atoms with Crippen LogP contribution < -0.4 is 4.90 Å². The molecule has 1 heterocycles. The van der Waals surface area contributed by atoms with Gasteiger partial charge in [0.25, 0.3) is 0 Å². The molecule has 1 aromatic carbocycles. The summed E-state index contributed by atoms with van der Waals surface area (Å²) in [5.41, 5.74) is 2.39. The second-order valence-corrected chi connectivity index (χ2v) is 6.60. The molecule has 4 rings (SSSR count). The van der Waals surface area contributed by atoms with E-state index in [1.54, 1.807) is 0 Å². The minimum atomic E-state index is 0.409. The van der Waals surface area contributed by atoms with Gasteiger partial charge in [-0.15, -0.1) is 0 Å². The van der Waals surface area contributed by atoms with E-state index in [1.165, 1.54) is 24.9 Å². The molecule has 0 amide bonds. The highest BCUT2D eigenvalue weighted by Gasteiger charge is 2.48. The van der Waals surface area contributed by atoms with E-state index >= 15 is 0 Å². The Balaban J connectivity index is 1.44. The summed E-state index contributed by atoms with van der Waals surface area (Å²) in [7, 11) is 0. The van der Waals surface area contributed by atoms with Crippen LogP contribution in [0.3, 0.4) is 0 Å². The van der Waals surface area contributed by atoms with Gasteiger partial charge in [-0.3, -0.25) is 4.90 Å². The minimum absolute atomic E-state index is 0.409. The van der Waals surface area contributed by atoms with Gasteiger partial charge in [0, 0.05) is 37.8 Å². The topological polar surface area (TPSA) is 39.1 Å². The monoisotopic (exact) mass is 285 g/mol. The van der Waals surface area contributed by atoms with Crippen LogP contribution >= 0.6 is 0 Å². The lowest BCUT2D eigenvalue weighted by atomic mass is 9.91. The van der Waals surface area contributed by atoms with Crippen molar-refractivity contribution in [3.8, 4) is 0 Å². The van der Waals surface area contributed by atoms with E-state index < -0.39 is 0 Å². The maximum atomic E-state index is 9.37. The third-order valence-corrected chi connectivity index (χ3v) is 5.59. The fraction of sp³-hybridized carbons (Fsp3) is 0.588. The third-order valence-electron chi connectivity index (χ3n) is 5.59. The second kappa shape index (κ2) is 5.34. The number of nitrogens with zero attached hydrogens (tertiary/aromatic N) is 3. The Hall–Kier alpha value is -1.55. The van der Waals surface area contributed by atoms with Crippen molar-refractivity contribution >= 4 is 11.4 Å². The lowest BCUT2D eigenvalue weighted by Crippen LogP contribution is -2.54. The maximum Gasteiger partial charge on any atom is 0.0775 e. The Morgan fingerprint density at radius 3 is 2.48 bits per heavy atom. The SMILES string of the molecule is O/N=C1\[C@H]2CC[C@@H](C2)[C@@H]1N1CCN(c2ccccc2)CC1. The van der Waals surface area contributed by atoms with Gasteiger partial charge in [0.15, 0.2) is 0 Å². The molecular weight excluding hydrogens is 262 g/mol. The highest BCUT2D eigenvalue weighted by atomic mass is 16.4. The molecule has 21 heavy (non-hydrogen) atoms. The maximum absolute atomic E-state index is 9.37. The molecule has 4 heteroatoms. The summed E-state index contributed by atoms with van der Waals surface area (Å²) >= 11 is 0. The number of fused-ring (bicyclic) bond motifs is 2. The molecule has 2 saturated carbocycles. The minimum Gasteiger partial charge on any atom is -0.411 e. The first-order chi connectivity index (χ1) is 10.4. The van der Waals surface area contributed by atoms with Crippen LogP contribution in [0.5, 0.6) is 0 Å². The van der Waals surface area contributed by atoms with Crippen LogP contribution in [0, 0.1) is 11.8 Å². The second-order valence-electron chi connectivity index (χ2n) is 6.60. The van der Waals surface area contributed by atoms with Crippen molar-refractivity contribution in [1.82, 2.24) is 4.90 Å². The molecule has 1 saturated heterocycles. The number of oxime groups is 1. The first kappa shape index (κ1) is 13.1. The summed E-state index contributed by atoms with van der Waals surface area (Å²) in [6, 6.07) is 11.1. The Labute approximate surface area is 126 Å². The normalized spacial score (nSPS) is 34.8. The Bertz CT molecular complexity index is 522. The molecule has 1 aromatic rings. The summed E-state index contributed by atoms with van der Waals surface area (Å²) in [6.45, 7) is 4.27. The first-order valence-corrected chi connectivity index (χ1v) is 8.12. The van der Waals surface area contributed by atoms with Crippen molar-refractivity contribution in [3.05, 3.63) is 30.3 Å². The van der Waals surface area contributed by atoms with Crippen molar-refractivity contribution in [1.29, 1.82) is 0 Å². The van der Waals surface area contributed by atoms with Crippen molar-refractivity contribution in [2.75, 3.05) is 31.1 Å². The van der Waals surface area contributed by atoms with E-state index in [4.69, 9.17) is 0 Å². The van der Waals surface area contributed by atoms with Crippen molar-refractivity contribution in [2.45, 2.75) is 25.3 Å². The van der Waals surface area contributed by atoms with Gasteiger partial charge in [0.05, 0.1) is 11.8 Å². The van der Waals surface area contributed by atoms with Gasteiger partial charge in [-0.1, -0.05) is 23.4 Å². The fourth-order valence-corrected chi connectivity index (χ4v) is 4.58. The predicted octanol–water partition coefficient (Wildman–Crippen LogP) is 2.44. The molecule has 0 radical (unpaired) electrons. The number of para-hydroxylation sites is 1. The molecule has 1 N–H and O–H groups in total. The van der Waals surface area contributed by atoms with Gasteiger partial charge < -0.3 is 10.1 Å². The van der Waals surface area contributed by atoms with Crippen LogP contribution in [-0.4, -0.2) is 48.0 Å². The van der Waals surface area contributed by atoms with Crippen molar-refractivity contribution in [3.63, 3.8) is 0 Å². The number of piperazine rings is 1. The third kappa shape index (κ3) is 2.22. The lowest BCUT2D eigenvalue weighted by molar-refractivity contribution is 0.181. The fourth-order valence-electron chi connectivity index (χ4n) is 4.58. The molecule has 0 spiro atoms. The van der Waals surface area contributed by atoms with Gasteiger partial charge in [0.1, 0.15) is 0 Å². The molecule has 0 aromatic heterocycles. The van der Waals surface area contributed by atoms with E-state index in [2.05, 4.69) is 45.3 Å². The summed E-state index contributed by atoms with van der Waals surface area (Å²) < 4.78 is 0. The average Bonchev–Trinajstić information content (AvgIpc) is 3.16. The molecule has 3 aliphatic rings. The van der Waals surface area contributed by atoms with Crippen LogP contribution in [0.4, 0.5) is 5.69 Å². The van der Waals surface area contributed by atoms with Crippen LogP contribution in [0.2, 0.25) is 0 Å². The summed E-state index contributed by atoms with van der Waals surface area (Å²) in [6.07, 6.45) is 3.78. The molecule has 4 nitrogen and oxygen atoms in total. The quantitative estimate of drug-likeness (QED) is 0.670. The number of benzene rings is 1. The zero-order chi connectivity index (χ0) is 14.2. The molecule has 2 aliphatic carbocycles. The molecule has 1 aliphatic heterocycles. The Morgan fingerprint density at radius 2 is 1.76 bits per heavy atom. The molecular formula is C17H23N3O. The van der Waals surface area contributed by atoms with E-state index in [-0.39, 0.29) is 0 Å². The van der Waals surface area contributed by atoms with Gasteiger partial charge in [-0.05, 0) is 37.3 Å². The summed E-state index contributed by atoms with van der Waals surface area (Å²) in [5, 5.41) is 13.0. The predicted molar refractivity (Wildman–Crippen MR) is 84.1 cm³/mol. The number of hydrogen-bond donors (Lipinski definition) is 1. The Morgan fingerprint density at radius 1 is 1.00 bits per heavy atom. The van der Waals surface area contributed by atoms with Crippen LogP contribution in [0.25, 0.3) is 0 Å². The van der Waals surface area contributed by atoms with Gasteiger partial charge in [-0.2, -0.15) is 0 Å². The van der Waals surface area contributed by atoms with E-state index in [0.29, 0.717) is 12.0 Å². The number of anilines is 1. The van der Waals surface area contributed by atoms with E-state index in [1.807, 2.05) is 0 Å². The average molecular weight is 285 g/mol. The highest BCUT2D eigenvalue weighted by molar-refractivity contribution is 5.94. The van der Waals surface area contributed by atoms with Gasteiger partial charge in [0.2, 0.25) is 0 Å². The largest absolute Gasteiger partial charge is 0.411 e.